The quantitative estimate of drug-likeness (QED) is 0.680. The van der Waals surface area contributed by atoms with Gasteiger partial charge in [-0.1, -0.05) is 12.2 Å². The van der Waals surface area contributed by atoms with E-state index >= 15 is 0 Å². The van der Waals surface area contributed by atoms with E-state index in [4.69, 9.17) is 5.11 Å². The second kappa shape index (κ2) is 5.07. The molecule has 7 heteroatoms. The van der Waals surface area contributed by atoms with Crippen molar-refractivity contribution < 1.29 is 19.5 Å². The molecule has 1 aromatic rings. The number of carbonyl (C=O) groups excluding carboxylic acids is 2. The van der Waals surface area contributed by atoms with Gasteiger partial charge in [0.2, 0.25) is 11.8 Å². The second-order valence-electron chi connectivity index (χ2n) is 5.25. The van der Waals surface area contributed by atoms with Crippen molar-refractivity contribution in [3.8, 4) is 0 Å². The van der Waals surface area contributed by atoms with Crippen molar-refractivity contribution in [3.05, 3.63) is 28.2 Å². The van der Waals surface area contributed by atoms with Crippen molar-refractivity contribution in [2.75, 3.05) is 0 Å². The van der Waals surface area contributed by atoms with Crippen LogP contribution in [0.2, 0.25) is 0 Å². The van der Waals surface area contributed by atoms with Crippen LogP contribution in [-0.2, 0) is 9.59 Å². The number of fused-ring (bicyclic) bond motifs is 1. The zero-order valence-corrected chi connectivity index (χ0v) is 12.2. The minimum atomic E-state index is -1.11. The van der Waals surface area contributed by atoms with Crippen LogP contribution in [0.4, 0.5) is 0 Å². The molecule has 3 rings (SSSR count). The van der Waals surface area contributed by atoms with Crippen LogP contribution in [0, 0.1) is 11.8 Å². The number of thiazole rings is 1. The molecule has 1 aromatic heterocycles. The molecule has 0 aromatic carbocycles. The highest BCUT2D eigenvalue weighted by molar-refractivity contribution is 7.09. The van der Waals surface area contributed by atoms with E-state index in [9.17, 15) is 14.4 Å². The van der Waals surface area contributed by atoms with Crippen molar-refractivity contribution in [1.82, 2.24) is 9.88 Å². The Morgan fingerprint density at radius 1 is 1.33 bits per heavy atom. The number of carbonyl (C=O) groups is 3. The van der Waals surface area contributed by atoms with Crippen LogP contribution in [-0.4, -0.2) is 32.8 Å². The number of nitrogens with zero attached hydrogens (tertiary/aromatic N) is 2. The number of likely N-dealkylation sites (tertiary alicyclic amines) is 1. The maximum atomic E-state index is 12.4. The normalized spacial score (nSPS) is 26.0. The van der Waals surface area contributed by atoms with Gasteiger partial charge in [-0.3, -0.25) is 14.5 Å². The predicted molar refractivity (Wildman–Crippen MR) is 74.7 cm³/mol. The van der Waals surface area contributed by atoms with Crippen molar-refractivity contribution in [2.24, 2.45) is 11.8 Å². The van der Waals surface area contributed by atoms with E-state index in [2.05, 4.69) is 4.98 Å². The van der Waals surface area contributed by atoms with Gasteiger partial charge in [-0.05, 0) is 19.8 Å². The highest BCUT2D eigenvalue weighted by atomic mass is 32.1. The molecule has 0 radical (unpaired) electrons. The molecule has 2 aliphatic rings. The number of carboxylic acids is 1. The van der Waals surface area contributed by atoms with Crippen LogP contribution in [0.25, 0.3) is 0 Å². The van der Waals surface area contributed by atoms with E-state index in [1.807, 2.05) is 12.2 Å². The summed E-state index contributed by atoms with van der Waals surface area (Å²) in [6, 6.07) is -0.520. The first-order valence-corrected chi connectivity index (χ1v) is 7.59. The van der Waals surface area contributed by atoms with Gasteiger partial charge in [-0.15, -0.1) is 11.3 Å². The SMILES string of the molecule is CC(c1nc(C(=O)O)cs1)N1C(=O)C2CC=CCC2C1=O. The van der Waals surface area contributed by atoms with Gasteiger partial charge < -0.3 is 5.11 Å². The number of hydrogen-bond acceptors (Lipinski definition) is 5. The maximum Gasteiger partial charge on any atom is 0.355 e. The fourth-order valence-electron chi connectivity index (χ4n) is 2.90. The Morgan fingerprint density at radius 2 is 1.90 bits per heavy atom. The Bertz CT molecular complexity index is 625. The fourth-order valence-corrected chi connectivity index (χ4v) is 3.74. The number of imide groups is 1. The molecule has 0 bridgehead atoms. The number of amides is 2. The van der Waals surface area contributed by atoms with E-state index < -0.39 is 12.0 Å². The van der Waals surface area contributed by atoms with Crippen LogP contribution in [0.5, 0.6) is 0 Å². The second-order valence-corrected chi connectivity index (χ2v) is 6.14. The molecule has 1 saturated heterocycles. The molecule has 2 heterocycles. The maximum absolute atomic E-state index is 12.4. The van der Waals surface area contributed by atoms with Gasteiger partial charge in [0, 0.05) is 5.38 Å². The summed E-state index contributed by atoms with van der Waals surface area (Å²) in [5, 5.41) is 10.8. The summed E-state index contributed by atoms with van der Waals surface area (Å²) < 4.78 is 0. The van der Waals surface area contributed by atoms with Crippen LogP contribution in [0.3, 0.4) is 0 Å². The van der Waals surface area contributed by atoms with Crippen molar-refractivity contribution in [1.29, 1.82) is 0 Å². The van der Waals surface area contributed by atoms with Gasteiger partial charge in [-0.25, -0.2) is 9.78 Å². The third-order valence-electron chi connectivity index (χ3n) is 4.03. The van der Waals surface area contributed by atoms with Gasteiger partial charge in [0.15, 0.2) is 5.69 Å². The topological polar surface area (TPSA) is 87.6 Å². The molecule has 21 heavy (non-hydrogen) atoms. The van der Waals surface area contributed by atoms with E-state index in [0.717, 1.165) is 11.3 Å². The van der Waals surface area contributed by atoms with E-state index in [1.54, 1.807) is 6.92 Å². The Kier molecular flexibility index (Phi) is 3.36. The minimum Gasteiger partial charge on any atom is -0.476 e. The molecule has 3 atom stereocenters. The zero-order valence-electron chi connectivity index (χ0n) is 11.4. The highest BCUT2D eigenvalue weighted by Crippen LogP contribution is 2.39. The standard InChI is InChI=1S/C14H14N2O4S/c1-7(11-15-10(6-21-11)14(19)20)16-12(17)8-4-2-3-5-9(8)13(16)18/h2-3,6-9H,4-5H2,1H3,(H,19,20). The largest absolute Gasteiger partial charge is 0.476 e. The number of hydrogen-bond donors (Lipinski definition) is 1. The first-order valence-electron chi connectivity index (χ1n) is 6.71. The zero-order chi connectivity index (χ0) is 15.1. The van der Waals surface area contributed by atoms with Gasteiger partial charge in [0.1, 0.15) is 5.01 Å². The number of aromatic nitrogens is 1. The molecule has 2 amide bonds. The highest BCUT2D eigenvalue weighted by Gasteiger charge is 2.49. The summed E-state index contributed by atoms with van der Waals surface area (Å²) in [5.41, 5.74) is -0.0555. The molecular formula is C14H14N2O4S. The first-order chi connectivity index (χ1) is 10.0. The monoisotopic (exact) mass is 306 g/mol. The molecule has 0 saturated carbocycles. The Morgan fingerprint density at radius 3 is 2.38 bits per heavy atom. The van der Waals surface area contributed by atoms with Crippen LogP contribution < -0.4 is 0 Å². The van der Waals surface area contributed by atoms with E-state index in [-0.39, 0.29) is 29.3 Å². The molecule has 1 aliphatic carbocycles. The minimum absolute atomic E-state index is 0.0555. The molecule has 3 unspecified atom stereocenters. The van der Waals surface area contributed by atoms with Crippen LogP contribution >= 0.6 is 11.3 Å². The Hall–Kier alpha value is -2.02. The Labute approximate surface area is 125 Å². The van der Waals surface area contributed by atoms with Crippen LogP contribution in [0.1, 0.15) is 41.3 Å². The average Bonchev–Trinajstić information content (AvgIpc) is 3.05. The molecule has 6 nitrogen and oxygen atoms in total. The molecule has 0 spiro atoms. The fraction of sp³-hybridized carbons (Fsp3) is 0.429. The lowest BCUT2D eigenvalue weighted by Crippen LogP contribution is -2.33. The lowest BCUT2D eigenvalue weighted by Gasteiger charge is -2.21. The predicted octanol–water partition coefficient (Wildman–Crippen LogP) is 1.85. The molecule has 110 valence electrons. The van der Waals surface area contributed by atoms with Gasteiger partial charge in [-0.2, -0.15) is 0 Å². The Balaban J connectivity index is 1.87. The molecule has 1 aliphatic heterocycles. The van der Waals surface area contributed by atoms with Gasteiger partial charge >= 0.3 is 5.97 Å². The number of carboxylic acid groups (broad SMARTS) is 1. The summed E-state index contributed by atoms with van der Waals surface area (Å²) in [5.74, 6) is -2.00. The van der Waals surface area contributed by atoms with E-state index in [0.29, 0.717) is 17.8 Å². The summed E-state index contributed by atoms with van der Waals surface area (Å²) in [7, 11) is 0. The smallest absolute Gasteiger partial charge is 0.355 e. The lowest BCUT2D eigenvalue weighted by molar-refractivity contribution is -0.142. The van der Waals surface area contributed by atoms with Crippen LogP contribution in [0.15, 0.2) is 17.5 Å². The van der Waals surface area contributed by atoms with Crippen molar-refractivity contribution >= 4 is 29.1 Å². The molecule has 1 N–H and O–H groups in total. The van der Waals surface area contributed by atoms with Crippen molar-refractivity contribution in [3.63, 3.8) is 0 Å². The summed E-state index contributed by atoms with van der Waals surface area (Å²) in [6.07, 6.45) is 5.06. The number of allylic oxidation sites excluding steroid dienone is 2. The lowest BCUT2D eigenvalue weighted by atomic mass is 9.85. The number of rotatable bonds is 3. The summed E-state index contributed by atoms with van der Waals surface area (Å²) in [6.45, 7) is 1.71. The van der Waals surface area contributed by atoms with Gasteiger partial charge in [0.05, 0.1) is 17.9 Å². The summed E-state index contributed by atoms with van der Waals surface area (Å²) >= 11 is 1.16. The van der Waals surface area contributed by atoms with Gasteiger partial charge in [0.25, 0.3) is 0 Å². The first kappa shape index (κ1) is 13.9. The third-order valence-corrected chi connectivity index (χ3v) is 5.04. The number of aromatic carboxylic acids is 1. The van der Waals surface area contributed by atoms with E-state index in [1.165, 1.54) is 10.3 Å². The molecule has 1 fully saturated rings. The average molecular weight is 306 g/mol. The third kappa shape index (κ3) is 2.17. The molecular weight excluding hydrogens is 292 g/mol. The summed E-state index contributed by atoms with van der Waals surface area (Å²) in [4.78, 5) is 41.0. The van der Waals surface area contributed by atoms with Crippen molar-refractivity contribution in [2.45, 2.75) is 25.8 Å².